The Morgan fingerprint density at radius 3 is 1.96 bits per heavy atom. The number of amides is 1. The molecule has 1 amide bonds. The fourth-order valence-corrected chi connectivity index (χ4v) is 6.85. The monoisotopic (exact) mass is 667 g/mol. The number of nitrogens with zero attached hydrogens (tertiary/aromatic N) is 1. The second-order valence-electron chi connectivity index (χ2n) is 12.4. The topological polar surface area (TPSA) is 149 Å². The number of rotatable bonds is 18. The van der Waals surface area contributed by atoms with Crippen molar-refractivity contribution < 1.29 is 42.5 Å². The van der Waals surface area contributed by atoms with Crippen LogP contribution in [0.4, 0.5) is 10.1 Å². The summed E-state index contributed by atoms with van der Waals surface area (Å²) in [6.07, 6.45) is 5.14. The van der Waals surface area contributed by atoms with Crippen LogP contribution >= 0.6 is 0 Å². The normalized spacial score (nSPS) is 17.0. The van der Waals surface area contributed by atoms with Crippen LogP contribution in [0.3, 0.4) is 0 Å². The highest BCUT2D eigenvalue weighted by atomic mass is 32.2. The van der Waals surface area contributed by atoms with Crippen LogP contribution in [0, 0.1) is 17.7 Å². The molecule has 0 aliphatic carbocycles. The second kappa shape index (κ2) is 16.1. The Morgan fingerprint density at radius 2 is 1.38 bits per heavy atom. The molecule has 1 heterocycles. The molecule has 0 unspecified atom stereocenters. The van der Waals surface area contributed by atoms with Crippen LogP contribution in [0.25, 0.3) is 0 Å². The van der Waals surface area contributed by atoms with E-state index in [1.807, 2.05) is 48.5 Å². The third-order valence-electron chi connectivity index (χ3n) is 8.79. The Kier molecular flexibility index (Phi) is 12.3. The number of β-lactam (4-membered cyclic amide) rings is 1. The van der Waals surface area contributed by atoms with Gasteiger partial charge < -0.3 is 20.2 Å². The van der Waals surface area contributed by atoms with Crippen LogP contribution in [0.1, 0.15) is 79.3 Å². The van der Waals surface area contributed by atoms with E-state index in [1.54, 1.807) is 4.90 Å². The highest BCUT2D eigenvalue weighted by Gasteiger charge is 2.48. The van der Waals surface area contributed by atoms with E-state index >= 15 is 0 Å². The van der Waals surface area contributed by atoms with E-state index in [4.69, 9.17) is 10.2 Å². The number of halogens is 1. The molecule has 4 rings (SSSR count). The molecule has 0 aromatic heterocycles. The lowest BCUT2D eigenvalue weighted by Gasteiger charge is -2.48. The average Bonchev–Trinajstić information content (AvgIpc) is 3.02. The molecule has 0 saturated carbocycles. The summed E-state index contributed by atoms with van der Waals surface area (Å²) in [6, 6.07) is 20.8. The van der Waals surface area contributed by atoms with Gasteiger partial charge >= 0.3 is 11.9 Å². The third kappa shape index (κ3) is 9.95. The number of carboxylic acids is 2. The van der Waals surface area contributed by atoms with Gasteiger partial charge in [0.05, 0.1) is 18.1 Å². The molecular weight excluding hydrogens is 625 g/mol. The highest BCUT2D eigenvalue weighted by Crippen LogP contribution is 2.46. The van der Waals surface area contributed by atoms with E-state index in [1.165, 1.54) is 30.5 Å². The fourth-order valence-electron chi connectivity index (χ4n) is 6.13. The zero-order chi connectivity index (χ0) is 34.1. The van der Waals surface area contributed by atoms with Gasteiger partial charge in [-0.2, -0.15) is 0 Å². The van der Waals surface area contributed by atoms with Crippen molar-refractivity contribution in [3.63, 3.8) is 0 Å². The number of aliphatic carboxylic acids is 2. The largest absolute Gasteiger partial charge is 0.481 e. The molecule has 9 nitrogen and oxygen atoms in total. The number of benzene rings is 3. The SMILES string of the molecule is CS(=O)(=O)CCCCCc1ccc(N2C(=O)[C@H](CC[C@H](O)c3ccc(F)cc3)[C@H]2c2ccc(CCCC(C(=O)O)C(=O)O)cc2)cc1. The molecule has 1 fully saturated rings. The highest BCUT2D eigenvalue weighted by molar-refractivity contribution is 7.90. The molecule has 47 heavy (non-hydrogen) atoms. The second-order valence-corrected chi connectivity index (χ2v) is 14.6. The van der Waals surface area contributed by atoms with Crippen molar-refractivity contribution in [1.82, 2.24) is 0 Å². The maximum Gasteiger partial charge on any atom is 0.317 e. The van der Waals surface area contributed by atoms with Gasteiger partial charge in [-0.1, -0.05) is 55.0 Å². The summed E-state index contributed by atoms with van der Waals surface area (Å²) in [6.45, 7) is 0. The van der Waals surface area contributed by atoms with Gasteiger partial charge in [0, 0.05) is 17.7 Å². The van der Waals surface area contributed by atoms with Gasteiger partial charge in [0.1, 0.15) is 15.7 Å². The molecule has 0 bridgehead atoms. The number of hydrogen-bond donors (Lipinski definition) is 3. The Morgan fingerprint density at radius 1 is 0.809 bits per heavy atom. The van der Waals surface area contributed by atoms with Crippen LogP contribution < -0.4 is 4.90 Å². The van der Waals surface area contributed by atoms with E-state index in [0.29, 0.717) is 37.7 Å². The molecule has 1 aliphatic rings. The maximum absolute atomic E-state index is 13.6. The van der Waals surface area contributed by atoms with Crippen molar-refractivity contribution in [2.24, 2.45) is 11.8 Å². The van der Waals surface area contributed by atoms with E-state index in [9.17, 15) is 32.3 Å². The Labute approximate surface area is 275 Å². The van der Waals surface area contributed by atoms with Crippen molar-refractivity contribution in [3.05, 3.63) is 101 Å². The first-order valence-corrected chi connectivity index (χ1v) is 18.0. The molecule has 11 heteroatoms. The number of aliphatic hydroxyl groups is 1. The summed E-state index contributed by atoms with van der Waals surface area (Å²) >= 11 is 0. The zero-order valence-electron chi connectivity index (χ0n) is 26.4. The van der Waals surface area contributed by atoms with E-state index in [-0.39, 0.29) is 24.1 Å². The number of carbonyl (C=O) groups excluding carboxylic acids is 1. The van der Waals surface area contributed by atoms with Gasteiger partial charge in [0.25, 0.3) is 0 Å². The van der Waals surface area contributed by atoms with Crippen molar-refractivity contribution in [1.29, 1.82) is 0 Å². The number of sulfone groups is 1. The first-order valence-electron chi connectivity index (χ1n) is 15.9. The Bertz CT molecular complexity index is 1610. The summed E-state index contributed by atoms with van der Waals surface area (Å²) in [5.74, 6) is -4.81. The number of hydrogen-bond acceptors (Lipinski definition) is 6. The van der Waals surface area contributed by atoms with E-state index in [0.717, 1.165) is 41.6 Å². The molecule has 1 aliphatic heterocycles. The number of anilines is 1. The fraction of sp³-hybridized carbons (Fsp3) is 0.417. The Balaban J connectivity index is 1.45. The van der Waals surface area contributed by atoms with Gasteiger partial charge in [-0.25, -0.2) is 12.8 Å². The number of aryl methyl sites for hydroxylation is 2. The molecule has 252 valence electrons. The van der Waals surface area contributed by atoms with Gasteiger partial charge in [-0.05, 0) is 97.9 Å². The zero-order valence-corrected chi connectivity index (χ0v) is 27.2. The van der Waals surface area contributed by atoms with Crippen molar-refractivity contribution >= 4 is 33.4 Å². The maximum atomic E-state index is 13.6. The quantitative estimate of drug-likeness (QED) is 0.0862. The molecule has 3 N–H and O–H groups in total. The van der Waals surface area contributed by atoms with Crippen LogP contribution in [0.2, 0.25) is 0 Å². The van der Waals surface area contributed by atoms with Crippen LogP contribution in [0.5, 0.6) is 0 Å². The molecule has 3 atom stereocenters. The third-order valence-corrected chi connectivity index (χ3v) is 9.82. The first kappa shape index (κ1) is 35.8. The van der Waals surface area contributed by atoms with Gasteiger partial charge in [0.2, 0.25) is 5.91 Å². The van der Waals surface area contributed by atoms with Gasteiger partial charge in [-0.15, -0.1) is 0 Å². The summed E-state index contributed by atoms with van der Waals surface area (Å²) < 4.78 is 36.1. The van der Waals surface area contributed by atoms with Gasteiger partial charge in [0.15, 0.2) is 5.92 Å². The molecule has 3 aromatic rings. The lowest BCUT2D eigenvalue weighted by molar-refractivity contribution is -0.154. The number of unbranched alkanes of at least 4 members (excludes halogenated alkanes) is 2. The summed E-state index contributed by atoms with van der Waals surface area (Å²) in [7, 11) is -2.96. The van der Waals surface area contributed by atoms with Crippen molar-refractivity contribution in [2.75, 3.05) is 16.9 Å². The minimum Gasteiger partial charge on any atom is -0.481 e. The van der Waals surface area contributed by atoms with Crippen molar-refractivity contribution in [2.45, 2.75) is 69.9 Å². The minimum atomic E-state index is -2.96. The molecule has 0 spiro atoms. The predicted molar refractivity (Wildman–Crippen MR) is 176 cm³/mol. The predicted octanol–water partition coefficient (Wildman–Crippen LogP) is 5.91. The van der Waals surface area contributed by atoms with Crippen molar-refractivity contribution in [3.8, 4) is 0 Å². The molecule has 1 saturated heterocycles. The van der Waals surface area contributed by atoms with Crippen LogP contribution in [-0.4, -0.2) is 53.6 Å². The smallest absolute Gasteiger partial charge is 0.317 e. The number of carboxylic acid groups (broad SMARTS) is 2. The molecule has 3 aromatic carbocycles. The lowest BCUT2D eigenvalue weighted by Crippen LogP contribution is -2.55. The summed E-state index contributed by atoms with van der Waals surface area (Å²) in [5.41, 5.74) is 4.24. The number of carbonyl (C=O) groups is 3. The van der Waals surface area contributed by atoms with Crippen LogP contribution in [-0.2, 0) is 37.1 Å². The van der Waals surface area contributed by atoms with E-state index < -0.39 is 45.5 Å². The summed E-state index contributed by atoms with van der Waals surface area (Å²) in [4.78, 5) is 37.7. The average molecular weight is 668 g/mol. The Hall–Kier alpha value is -4.09. The molecular formula is C36H42FNO8S. The summed E-state index contributed by atoms with van der Waals surface area (Å²) in [5, 5.41) is 29.0. The lowest BCUT2D eigenvalue weighted by atomic mass is 9.78. The van der Waals surface area contributed by atoms with E-state index in [2.05, 4.69) is 0 Å². The standard InChI is InChI=1S/C36H42FNO8S/c1-47(45,46)23-4-2-3-6-24-11-19-29(20-12-24)38-33(30(34(38)40)21-22-32(39)26-15-17-28(37)18-16-26)27-13-9-25(10-14-27)7-5-8-31(35(41)42)36(43)44/h9-20,30-33,39H,2-8,21-23H2,1H3,(H,41,42)(H,43,44)/t30-,32+,33-/m1/s1. The van der Waals surface area contributed by atoms with Crippen LogP contribution in [0.15, 0.2) is 72.8 Å². The minimum absolute atomic E-state index is 0.0203. The first-order chi connectivity index (χ1) is 22.3. The molecule has 0 radical (unpaired) electrons. The number of aliphatic hydroxyl groups excluding tert-OH is 1. The van der Waals surface area contributed by atoms with Gasteiger partial charge in [-0.3, -0.25) is 14.4 Å².